The Hall–Kier alpha value is -2.79. The molecule has 0 saturated carbocycles. The van der Waals surface area contributed by atoms with Gasteiger partial charge >= 0.3 is 0 Å². The third-order valence-corrected chi connectivity index (χ3v) is 4.38. The Balaban J connectivity index is 1.96. The predicted molar refractivity (Wildman–Crippen MR) is 99.4 cm³/mol. The minimum Gasteiger partial charge on any atom is -0.504 e. The van der Waals surface area contributed by atoms with Crippen molar-refractivity contribution >= 4 is 35.0 Å². The van der Waals surface area contributed by atoms with Crippen LogP contribution in [0.5, 0.6) is 11.5 Å². The molecule has 0 spiro atoms. The standard InChI is InChI=1S/C19H17ClN2O3/c1-11-4-6-14(10-16(11)20)22-19(24)15(12(2)21-22)8-13-5-7-17(23)18(9-13)25-3/h4-10,23H,1-3H3/b15-8-. The topological polar surface area (TPSA) is 62.1 Å². The van der Waals surface area contributed by atoms with Crippen LogP contribution in [-0.4, -0.2) is 23.8 Å². The molecule has 0 saturated heterocycles. The normalized spacial score (nSPS) is 15.7. The first-order valence-electron chi connectivity index (χ1n) is 7.65. The van der Waals surface area contributed by atoms with Crippen molar-refractivity contribution in [3.63, 3.8) is 0 Å². The minimum atomic E-state index is -0.232. The molecule has 25 heavy (non-hydrogen) atoms. The number of carbonyl (C=O) groups is 1. The summed E-state index contributed by atoms with van der Waals surface area (Å²) < 4.78 is 5.10. The average molecular weight is 357 g/mol. The van der Waals surface area contributed by atoms with Crippen LogP contribution in [0.15, 0.2) is 47.1 Å². The smallest absolute Gasteiger partial charge is 0.280 e. The van der Waals surface area contributed by atoms with Gasteiger partial charge in [-0.15, -0.1) is 0 Å². The molecule has 0 bridgehead atoms. The Morgan fingerprint density at radius 1 is 1.20 bits per heavy atom. The number of anilines is 1. The number of hydrogen-bond donors (Lipinski definition) is 1. The highest BCUT2D eigenvalue weighted by Crippen LogP contribution is 2.30. The lowest BCUT2D eigenvalue weighted by atomic mass is 10.1. The quantitative estimate of drug-likeness (QED) is 0.839. The van der Waals surface area contributed by atoms with E-state index in [9.17, 15) is 9.90 Å². The number of aryl methyl sites for hydroxylation is 1. The fourth-order valence-electron chi connectivity index (χ4n) is 2.52. The first-order valence-corrected chi connectivity index (χ1v) is 8.03. The van der Waals surface area contributed by atoms with Crippen molar-refractivity contribution in [3.8, 4) is 11.5 Å². The molecule has 1 heterocycles. The van der Waals surface area contributed by atoms with Gasteiger partial charge in [-0.1, -0.05) is 23.7 Å². The maximum atomic E-state index is 12.8. The summed E-state index contributed by atoms with van der Waals surface area (Å²) in [6.07, 6.45) is 1.72. The van der Waals surface area contributed by atoms with Gasteiger partial charge < -0.3 is 9.84 Å². The number of phenols is 1. The van der Waals surface area contributed by atoms with Crippen LogP contribution in [0.3, 0.4) is 0 Å². The summed E-state index contributed by atoms with van der Waals surface area (Å²) in [7, 11) is 1.47. The van der Waals surface area contributed by atoms with E-state index in [2.05, 4.69) is 5.10 Å². The zero-order valence-corrected chi connectivity index (χ0v) is 14.8. The molecule has 0 aromatic heterocycles. The van der Waals surface area contributed by atoms with Crippen LogP contribution in [0.25, 0.3) is 6.08 Å². The highest BCUT2D eigenvalue weighted by molar-refractivity contribution is 6.33. The third-order valence-electron chi connectivity index (χ3n) is 3.98. The number of aromatic hydroxyl groups is 1. The summed E-state index contributed by atoms with van der Waals surface area (Å²) >= 11 is 6.15. The summed E-state index contributed by atoms with van der Waals surface area (Å²) in [5.41, 5.74) is 3.37. The van der Waals surface area contributed by atoms with Crippen LogP contribution in [0.4, 0.5) is 5.69 Å². The number of hydrazone groups is 1. The van der Waals surface area contributed by atoms with Gasteiger partial charge in [0.05, 0.1) is 24.1 Å². The lowest BCUT2D eigenvalue weighted by Gasteiger charge is -2.12. The fraction of sp³-hybridized carbons (Fsp3) is 0.158. The molecule has 0 unspecified atom stereocenters. The second kappa shape index (κ2) is 6.61. The van der Waals surface area contributed by atoms with Crippen LogP contribution in [0.2, 0.25) is 5.02 Å². The number of phenolic OH excluding ortho intramolecular Hbond substituents is 1. The molecule has 3 rings (SSSR count). The molecule has 128 valence electrons. The Kier molecular flexibility index (Phi) is 4.51. The molecule has 5 nitrogen and oxygen atoms in total. The van der Waals surface area contributed by atoms with Crippen LogP contribution in [0.1, 0.15) is 18.1 Å². The number of carbonyl (C=O) groups excluding carboxylic acids is 1. The van der Waals surface area contributed by atoms with Crippen molar-refractivity contribution in [2.24, 2.45) is 5.10 Å². The second-order valence-electron chi connectivity index (χ2n) is 5.73. The Morgan fingerprint density at radius 2 is 1.96 bits per heavy atom. The van der Waals surface area contributed by atoms with Crippen LogP contribution in [-0.2, 0) is 4.79 Å². The van der Waals surface area contributed by atoms with E-state index < -0.39 is 0 Å². The van der Waals surface area contributed by atoms with Gasteiger partial charge in [-0.05, 0) is 55.3 Å². The lowest BCUT2D eigenvalue weighted by molar-refractivity contribution is -0.114. The molecule has 0 atom stereocenters. The molecular weight excluding hydrogens is 340 g/mol. The zero-order chi connectivity index (χ0) is 18.1. The molecule has 1 N–H and O–H groups in total. The van der Waals surface area contributed by atoms with E-state index in [4.69, 9.17) is 16.3 Å². The van der Waals surface area contributed by atoms with Crippen molar-refractivity contribution in [1.29, 1.82) is 0 Å². The molecule has 0 radical (unpaired) electrons. The van der Waals surface area contributed by atoms with Crippen molar-refractivity contribution in [1.82, 2.24) is 0 Å². The molecule has 0 fully saturated rings. The van der Waals surface area contributed by atoms with Crippen molar-refractivity contribution in [3.05, 3.63) is 58.1 Å². The van der Waals surface area contributed by atoms with Gasteiger partial charge in [-0.3, -0.25) is 4.79 Å². The van der Waals surface area contributed by atoms with E-state index >= 15 is 0 Å². The maximum absolute atomic E-state index is 12.8. The average Bonchev–Trinajstić information content (AvgIpc) is 2.87. The number of benzene rings is 2. The molecule has 2 aromatic rings. The molecule has 1 amide bonds. The third kappa shape index (κ3) is 3.23. The van der Waals surface area contributed by atoms with E-state index in [0.29, 0.717) is 27.7 Å². The van der Waals surface area contributed by atoms with Crippen molar-refractivity contribution in [2.75, 3.05) is 12.1 Å². The molecule has 2 aromatic carbocycles. The number of amides is 1. The van der Waals surface area contributed by atoms with Crippen LogP contribution < -0.4 is 9.75 Å². The number of hydrogen-bond acceptors (Lipinski definition) is 4. The maximum Gasteiger partial charge on any atom is 0.280 e. The predicted octanol–water partition coefficient (Wildman–Crippen LogP) is 4.17. The largest absolute Gasteiger partial charge is 0.504 e. The molecular formula is C19H17ClN2O3. The summed E-state index contributed by atoms with van der Waals surface area (Å²) in [4.78, 5) is 12.8. The fourth-order valence-corrected chi connectivity index (χ4v) is 2.70. The van der Waals surface area contributed by atoms with Gasteiger partial charge in [0.15, 0.2) is 11.5 Å². The van der Waals surface area contributed by atoms with Crippen LogP contribution in [0, 0.1) is 6.92 Å². The van der Waals surface area contributed by atoms with Gasteiger partial charge in [0, 0.05) is 5.02 Å². The summed E-state index contributed by atoms with van der Waals surface area (Å²) in [5.74, 6) is 0.157. The number of methoxy groups -OCH3 is 1. The Labute approximate surface area is 150 Å². The van der Waals surface area contributed by atoms with E-state index in [1.807, 2.05) is 19.1 Å². The summed E-state index contributed by atoms with van der Waals surface area (Å²) in [5, 5.41) is 15.9. The van der Waals surface area contributed by atoms with Crippen LogP contribution >= 0.6 is 11.6 Å². The second-order valence-corrected chi connectivity index (χ2v) is 6.13. The Bertz CT molecular complexity index is 919. The van der Waals surface area contributed by atoms with Crippen molar-refractivity contribution < 1.29 is 14.6 Å². The minimum absolute atomic E-state index is 0.0451. The highest BCUT2D eigenvalue weighted by Gasteiger charge is 2.29. The van der Waals surface area contributed by atoms with E-state index in [0.717, 1.165) is 11.1 Å². The van der Waals surface area contributed by atoms with Crippen molar-refractivity contribution in [2.45, 2.75) is 13.8 Å². The highest BCUT2D eigenvalue weighted by atomic mass is 35.5. The SMILES string of the molecule is COc1cc(/C=C2\C(=O)N(c3ccc(C)c(Cl)c3)N=C2C)ccc1O. The van der Waals surface area contributed by atoms with Gasteiger partial charge in [0.2, 0.25) is 0 Å². The summed E-state index contributed by atoms with van der Waals surface area (Å²) in [6, 6.07) is 10.3. The first kappa shape index (κ1) is 17.0. The molecule has 1 aliphatic rings. The zero-order valence-electron chi connectivity index (χ0n) is 14.1. The monoisotopic (exact) mass is 356 g/mol. The number of rotatable bonds is 3. The van der Waals surface area contributed by atoms with E-state index in [-0.39, 0.29) is 11.7 Å². The Morgan fingerprint density at radius 3 is 2.64 bits per heavy atom. The molecule has 0 aliphatic carbocycles. The molecule has 6 heteroatoms. The van der Waals surface area contributed by atoms with Gasteiger partial charge in [-0.2, -0.15) is 10.1 Å². The van der Waals surface area contributed by atoms with Gasteiger partial charge in [0.25, 0.3) is 5.91 Å². The lowest BCUT2D eigenvalue weighted by Crippen LogP contribution is -2.21. The number of halogens is 1. The first-order chi connectivity index (χ1) is 11.9. The van der Waals surface area contributed by atoms with Gasteiger partial charge in [-0.25, -0.2) is 0 Å². The number of ether oxygens (including phenoxy) is 1. The van der Waals surface area contributed by atoms with E-state index in [1.54, 1.807) is 31.2 Å². The number of nitrogens with zero attached hydrogens (tertiary/aromatic N) is 2. The van der Waals surface area contributed by atoms with E-state index in [1.165, 1.54) is 18.2 Å². The van der Waals surface area contributed by atoms with Gasteiger partial charge in [0.1, 0.15) is 0 Å². The summed E-state index contributed by atoms with van der Waals surface area (Å²) in [6.45, 7) is 3.67. The molecule has 1 aliphatic heterocycles.